The summed E-state index contributed by atoms with van der Waals surface area (Å²) in [6.45, 7) is 15.0. The van der Waals surface area contributed by atoms with Gasteiger partial charge in [-0.25, -0.2) is 0 Å². The average molecular weight is 250 g/mol. The van der Waals surface area contributed by atoms with Gasteiger partial charge in [-0.15, -0.1) is 0 Å². The molecule has 1 heterocycles. The van der Waals surface area contributed by atoms with Crippen LogP contribution in [0.2, 0.25) is 0 Å². The highest BCUT2D eigenvalue weighted by atomic mass is 15.3. The summed E-state index contributed by atoms with van der Waals surface area (Å²) in [7, 11) is 0. The summed E-state index contributed by atoms with van der Waals surface area (Å²) >= 11 is 0. The number of nitrogens with one attached hydrogen (secondary N) is 1. The highest BCUT2D eigenvalue weighted by Crippen LogP contribution is 2.42. The van der Waals surface area contributed by atoms with Crippen LogP contribution in [0.4, 0.5) is 0 Å². The number of piperazine rings is 1. The third kappa shape index (κ3) is 2.80. The van der Waals surface area contributed by atoms with E-state index in [1.807, 2.05) is 0 Å². The van der Waals surface area contributed by atoms with E-state index < -0.39 is 0 Å². The van der Waals surface area contributed by atoms with Crippen molar-refractivity contribution in [1.29, 1.82) is 0 Å². The molecule has 0 aromatic carbocycles. The van der Waals surface area contributed by atoms with Crippen LogP contribution in [0.3, 0.4) is 0 Å². The van der Waals surface area contributed by atoms with Crippen LogP contribution < -0.4 is 5.32 Å². The third-order valence-corrected chi connectivity index (χ3v) is 5.12. The molecule has 2 heteroatoms. The Balaban J connectivity index is 2.10. The van der Waals surface area contributed by atoms with Crippen LogP contribution in [-0.2, 0) is 0 Å². The lowest BCUT2D eigenvalue weighted by Crippen LogP contribution is -2.68. The first kappa shape index (κ1) is 14.1. The van der Waals surface area contributed by atoms with Crippen molar-refractivity contribution < 1.29 is 0 Å². The Morgan fingerprint density at radius 1 is 1.33 bits per heavy atom. The summed E-state index contributed by atoms with van der Waals surface area (Å²) < 4.78 is 0. The largest absolute Gasteiger partial charge is 0.308 e. The van der Waals surface area contributed by atoms with E-state index in [2.05, 4.69) is 50.9 Å². The van der Waals surface area contributed by atoms with Crippen molar-refractivity contribution in [2.75, 3.05) is 19.6 Å². The maximum atomic E-state index is 3.85. The van der Waals surface area contributed by atoms with Crippen LogP contribution in [-0.4, -0.2) is 35.6 Å². The minimum Gasteiger partial charge on any atom is -0.308 e. The molecule has 1 aliphatic heterocycles. The van der Waals surface area contributed by atoms with Gasteiger partial charge in [-0.2, -0.15) is 0 Å². The Morgan fingerprint density at radius 2 is 2.00 bits per heavy atom. The Morgan fingerprint density at radius 3 is 2.50 bits per heavy atom. The van der Waals surface area contributed by atoms with Crippen molar-refractivity contribution in [3.63, 3.8) is 0 Å². The van der Waals surface area contributed by atoms with Crippen molar-refractivity contribution in [2.24, 2.45) is 5.92 Å². The van der Waals surface area contributed by atoms with Crippen molar-refractivity contribution in [1.82, 2.24) is 10.2 Å². The molecule has 2 fully saturated rings. The summed E-state index contributed by atoms with van der Waals surface area (Å²) in [6, 6.07) is 0. The predicted octanol–water partition coefficient (Wildman–Crippen LogP) is 3.20. The lowest BCUT2D eigenvalue weighted by atomic mass is 9.84. The maximum absolute atomic E-state index is 3.85. The van der Waals surface area contributed by atoms with E-state index in [1.54, 1.807) is 0 Å². The zero-order valence-electron chi connectivity index (χ0n) is 12.8. The molecule has 1 N–H and O–H groups in total. The minimum atomic E-state index is 0.320. The lowest BCUT2D eigenvalue weighted by Gasteiger charge is -2.52. The number of nitrogens with zero attached hydrogens (tertiary/aromatic N) is 1. The molecule has 2 rings (SSSR count). The summed E-state index contributed by atoms with van der Waals surface area (Å²) in [5.74, 6) is 0.910. The first-order valence-electron chi connectivity index (χ1n) is 7.53. The summed E-state index contributed by atoms with van der Waals surface area (Å²) in [4.78, 5) is 2.70. The molecule has 0 bridgehead atoms. The first-order valence-corrected chi connectivity index (χ1v) is 7.53. The minimum absolute atomic E-state index is 0.320. The SMILES string of the molecule is CCC1(C)CNC(C)(C2CC2)CN1CC=C(C)C. The highest BCUT2D eigenvalue weighted by molar-refractivity contribution is 5.09. The van der Waals surface area contributed by atoms with Gasteiger partial charge in [0.15, 0.2) is 0 Å². The standard InChI is InChI=1S/C16H30N2/c1-6-15(4)11-17-16(5,14-7-8-14)12-18(15)10-9-13(2)3/h9,14,17H,6-8,10-12H2,1-5H3. The van der Waals surface area contributed by atoms with Crippen molar-refractivity contribution in [2.45, 2.75) is 65.0 Å². The first-order chi connectivity index (χ1) is 8.39. The molecule has 0 aromatic rings. The molecule has 2 atom stereocenters. The van der Waals surface area contributed by atoms with Crippen LogP contribution in [0.1, 0.15) is 53.9 Å². The van der Waals surface area contributed by atoms with Gasteiger partial charge in [-0.3, -0.25) is 4.90 Å². The molecular weight excluding hydrogens is 220 g/mol. The topological polar surface area (TPSA) is 15.3 Å². The van der Waals surface area contributed by atoms with Gasteiger partial charge in [-0.1, -0.05) is 18.6 Å². The van der Waals surface area contributed by atoms with Crippen LogP contribution in [0, 0.1) is 5.92 Å². The zero-order valence-corrected chi connectivity index (χ0v) is 12.8. The third-order valence-electron chi connectivity index (χ3n) is 5.12. The van der Waals surface area contributed by atoms with Gasteiger partial charge in [0.05, 0.1) is 0 Å². The van der Waals surface area contributed by atoms with Crippen molar-refractivity contribution >= 4 is 0 Å². The molecule has 1 saturated heterocycles. The molecule has 1 saturated carbocycles. The number of hydrogen-bond acceptors (Lipinski definition) is 2. The van der Waals surface area contributed by atoms with Crippen LogP contribution in [0.15, 0.2) is 11.6 Å². The lowest BCUT2D eigenvalue weighted by molar-refractivity contribution is 0.0199. The van der Waals surface area contributed by atoms with E-state index in [-0.39, 0.29) is 0 Å². The Hall–Kier alpha value is -0.340. The quantitative estimate of drug-likeness (QED) is 0.771. The molecule has 18 heavy (non-hydrogen) atoms. The number of allylic oxidation sites excluding steroid dienone is 1. The second kappa shape index (κ2) is 4.97. The molecule has 2 unspecified atom stereocenters. The second-order valence-corrected chi connectivity index (χ2v) is 7.06. The molecule has 0 amide bonds. The summed E-state index contributed by atoms with van der Waals surface area (Å²) in [6.07, 6.45) is 6.44. The molecule has 0 aromatic heterocycles. The van der Waals surface area contributed by atoms with E-state index in [9.17, 15) is 0 Å². The van der Waals surface area contributed by atoms with Crippen LogP contribution in [0.25, 0.3) is 0 Å². The molecule has 2 aliphatic rings. The monoisotopic (exact) mass is 250 g/mol. The van der Waals surface area contributed by atoms with E-state index in [1.165, 1.54) is 31.4 Å². The van der Waals surface area contributed by atoms with Crippen LogP contribution in [0.5, 0.6) is 0 Å². The fourth-order valence-corrected chi connectivity index (χ4v) is 3.07. The Bertz CT molecular complexity index is 328. The average Bonchev–Trinajstić information content (AvgIpc) is 3.15. The zero-order chi connectivity index (χ0) is 13.4. The van der Waals surface area contributed by atoms with Crippen LogP contribution >= 0.6 is 0 Å². The second-order valence-electron chi connectivity index (χ2n) is 7.06. The van der Waals surface area contributed by atoms with E-state index >= 15 is 0 Å². The van der Waals surface area contributed by atoms with Gasteiger partial charge >= 0.3 is 0 Å². The van der Waals surface area contributed by atoms with Gasteiger partial charge in [0, 0.05) is 30.7 Å². The van der Waals surface area contributed by atoms with E-state index in [0.717, 1.165) is 19.0 Å². The Labute approximate surface area is 113 Å². The molecule has 2 nitrogen and oxygen atoms in total. The Kier molecular flexibility index (Phi) is 3.89. The van der Waals surface area contributed by atoms with Gasteiger partial charge in [0.2, 0.25) is 0 Å². The van der Waals surface area contributed by atoms with Gasteiger partial charge < -0.3 is 5.32 Å². The molecule has 104 valence electrons. The van der Waals surface area contributed by atoms with Gasteiger partial charge in [0.1, 0.15) is 0 Å². The fourth-order valence-electron chi connectivity index (χ4n) is 3.07. The molecular formula is C16H30N2. The maximum Gasteiger partial charge on any atom is 0.0309 e. The van der Waals surface area contributed by atoms with Gasteiger partial charge in [-0.05, 0) is 52.9 Å². The molecule has 0 spiro atoms. The molecule has 0 radical (unpaired) electrons. The van der Waals surface area contributed by atoms with E-state index in [4.69, 9.17) is 0 Å². The highest BCUT2D eigenvalue weighted by Gasteiger charge is 2.48. The number of hydrogen-bond donors (Lipinski definition) is 1. The molecule has 1 aliphatic carbocycles. The summed E-state index contributed by atoms with van der Waals surface area (Å²) in [5.41, 5.74) is 2.10. The predicted molar refractivity (Wildman–Crippen MR) is 78.8 cm³/mol. The van der Waals surface area contributed by atoms with Crippen molar-refractivity contribution in [3.8, 4) is 0 Å². The fraction of sp³-hybridized carbons (Fsp3) is 0.875. The smallest absolute Gasteiger partial charge is 0.0309 e. The van der Waals surface area contributed by atoms with Crippen molar-refractivity contribution in [3.05, 3.63) is 11.6 Å². The normalized spacial score (nSPS) is 37.6. The van der Waals surface area contributed by atoms with E-state index in [0.29, 0.717) is 11.1 Å². The van der Waals surface area contributed by atoms with Gasteiger partial charge in [0.25, 0.3) is 0 Å². The summed E-state index contributed by atoms with van der Waals surface area (Å²) in [5, 5.41) is 3.85. The number of rotatable bonds is 4.